The molecule has 0 aromatic heterocycles. The molecule has 0 atom stereocenters. The van der Waals surface area contributed by atoms with E-state index in [1.807, 2.05) is 24.3 Å². The van der Waals surface area contributed by atoms with Crippen molar-refractivity contribution in [2.45, 2.75) is 6.42 Å². The van der Waals surface area contributed by atoms with Gasteiger partial charge >= 0.3 is 14.2 Å². The van der Waals surface area contributed by atoms with Gasteiger partial charge < -0.3 is 19.4 Å². The Kier molecular flexibility index (Phi) is 7.21. The van der Waals surface area contributed by atoms with Crippen molar-refractivity contribution in [2.75, 3.05) is 13.2 Å². The van der Waals surface area contributed by atoms with E-state index >= 15 is 0 Å². The van der Waals surface area contributed by atoms with Crippen LogP contribution in [0.15, 0.2) is 48.5 Å². The number of hydrogen-bond acceptors (Lipinski definition) is 6. The van der Waals surface area contributed by atoms with E-state index in [4.69, 9.17) is 29.9 Å². The van der Waals surface area contributed by atoms with Crippen molar-refractivity contribution in [1.29, 1.82) is 10.5 Å². The van der Waals surface area contributed by atoms with Crippen molar-refractivity contribution >= 4 is 25.2 Å². The minimum Gasteiger partial charge on any atom is -0.423 e. The first-order valence-electron chi connectivity index (χ1n) is 7.74. The summed E-state index contributed by atoms with van der Waals surface area (Å²) in [6, 6.07) is 17.7. The molecule has 0 bridgehead atoms. The lowest BCUT2D eigenvalue weighted by Gasteiger charge is -2.20. The summed E-state index contributed by atoms with van der Waals surface area (Å²) in [6.45, 7) is 1.40. The van der Waals surface area contributed by atoms with Crippen molar-refractivity contribution in [3.05, 3.63) is 59.7 Å². The molecular weight excluding hydrogens is 318 g/mol. The molecule has 6 nitrogen and oxygen atoms in total. The lowest BCUT2D eigenvalue weighted by Crippen LogP contribution is -2.42. The van der Waals surface area contributed by atoms with E-state index in [0.717, 1.165) is 11.9 Å². The molecular formula is C17H16B2N2O4. The Balaban J connectivity index is 0.000000186. The molecule has 3 rings (SSSR count). The summed E-state index contributed by atoms with van der Waals surface area (Å²) in [6.07, 6.45) is 0.922. The fourth-order valence-electron chi connectivity index (χ4n) is 2.30. The molecule has 0 radical (unpaired) electrons. The number of nitriles is 2. The van der Waals surface area contributed by atoms with Gasteiger partial charge in [-0.2, -0.15) is 10.5 Å². The Morgan fingerprint density at radius 2 is 1.44 bits per heavy atom. The molecule has 1 aliphatic rings. The molecule has 8 heteroatoms. The van der Waals surface area contributed by atoms with Crippen molar-refractivity contribution in [3.8, 4) is 12.1 Å². The second-order valence-corrected chi connectivity index (χ2v) is 5.20. The topological polar surface area (TPSA) is 106 Å². The maximum absolute atomic E-state index is 8.89. The van der Waals surface area contributed by atoms with Crippen LogP contribution in [0, 0.1) is 22.7 Å². The second kappa shape index (κ2) is 9.63. The van der Waals surface area contributed by atoms with Crippen LogP contribution in [0.1, 0.15) is 17.5 Å². The van der Waals surface area contributed by atoms with E-state index in [0.29, 0.717) is 24.3 Å². The molecule has 1 aliphatic heterocycles. The first-order valence-corrected chi connectivity index (χ1v) is 7.74. The molecule has 0 saturated carbocycles. The smallest absolute Gasteiger partial charge is 0.423 e. The zero-order valence-corrected chi connectivity index (χ0v) is 13.5. The lowest BCUT2D eigenvalue weighted by atomic mass is 9.75. The molecule has 1 fully saturated rings. The SMILES string of the molecule is N#Cc1ccccc1B(O)O.N#Cc1ccccc1B1OCCCO1. The van der Waals surface area contributed by atoms with Crippen LogP contribution in [0.2, 0.25) is 0 Å². The summed E-state index contributed by atoms with van der Waals surface area (Å²) in [4.78, 5) is 0. The Morgan fingerprint density at radius 1 is 0.880 bits per heavy atom. The van der Waals surface area contributed by atoms with Gasteiger partial charge in [0.05, 0.1) is 23.3 Å². The Bertz CT molecular complexity index is 781. The quantitative estimate of drug-likeness (QED) is 0.745. The minimum atomic E-state index is -1.56. The first kappa shape index (κ1) is 18.7. The zero-order chi connectivity index (χ0) is 18.1. The molecule has 25 heavy (non-hydrogen) atoms. The molecule has 1 heterocycles. The van der Waals surface area contributed by atoms with Crippen LogP contribution >= 0.6 is 0 Å². The maximum Gasteiger partial charge on any atom is 0.495 e. The summed E-state index contributed by atoms with van der Waals surface area (Å²) in [5.41, 5.74) is 1.99. The normalized spacial score (nSPS) is 13.0. The molecule has 0 amide bonds. The fraction of sp³-hybridized carbons (Fsp3) is 0.176. The van der Waals surface area contributed by atoms with Gasteiger partial charge in [0, 0.05) is 18.7 Å². The largest absolute Gasteiger partial charge is 0.495 e. The van der Waals surface area contributed by atoms with Gasteiger partial charge in [-0.05, 0) is 24.0 Å². The van der Waals surface area contributed by atoms with E-state index in [-0.39, 0.29) is 12.6 Å². The third-order valence-corrected chi connectivity index (χ3v) is 3.52. The van der Waals surface area contributed by atoms with Gasteiger partial charge in [-0.25, -0.2) is 0 Å². The first-order chi connectivity index (χ1) is 12.2. The van der Waals surface area contributed by atoms with Crippen LogP contribution in [0.3, 0.4) is 0 Å². The highest BCUT2D eigenvalue weighted by atomic mass is 16.6. The fourth-order valence-corrected chi connectivity index (χ4v) is 2.30. The van der Waals surface area contributed by atoms with Crippen molar-refractivity contribution in [3.63, 3.8) is 0 Å². The molecule has 2 aromatic rings. The standard InChI is InChI=1S/C10H10BNO2.C7H6BNO2/c12-8-9-4-1-2-5-10(9)11-13-6-3-7-14-11;9-5-6-3-1-2-4-7(6)8(10)11/h1-2,4-5H,3,6-7H2;1-4,10-11H. The molecule has 0 unspecified atom stereocenters. The number of benzene rings is 2. The summed E-state index contributed by atoms with van der Waals surface area (Å²) >= 11 is 0. The Morgan fingerprint density at radius 3 is 2.00 bits per heavy atom. The van der Waals surface area contributed by atoms with Crippen LogP contribution < -0.4 is 10.9 Å². The van der Waals surface area contributed by atoms with Crippen molar-refractivity contribution in [2.24, 2.45) is 0 Å². The number of rotatable bonds is 2. The summed E-state index contributed by atoms with van der Waals surface area (Å²) in [5.74, 6) is 0. The summed E-state index contributed by atoms with van der Waals surface area (Å²) in [5, 5.41) is 34.9. The van der Waals surface area contributed by atoms with Gasteiger partial charge in [-0.3, -0.25) is 0 Å². The van der Waals surface area contributed by atoms with Gasteiger partial charge in [0.15, 0.2) is 0 Å². The van der Waals surface area contributed by atoms with E-state index < -0.39 is 7.12 Å². The lowest BCUT2D eigenvalue weighted by molar-refractivity contribution is 0.143. The van der Waals surface area contributed by atoms with Crippen LogP contribution in [-0.4, -0.2) is 37.5 Å². The molecule has 0 spiro atoms. The molecule has 1 saturated heterocycles. The molecule has 124 valence electrons. The molecule has 2 N–H and O–H groups in total. The van der Waals surface area contributed by atoms with E-state index in [2.05, 4.69) is 6.07 Å². The van der Waals surface area contributed by atoms with Gasteiger partial charge in [0.1, 0.15) is 0 Å². The van der Waals surface area contributed by atoms with Crippen LogP contribution in [0.25, 0.3) is 0 Å². The third-order valence-electron chi connectivity index (χ3n) is 3.52. The zero-order valence-electron chi connectivity index (χ0n) is 13.5. The predicted molar refractivity (Wildman–Crippen MR) is 94.0 cm³/mol. The van der Waals surface area contributed by atoms with Gasteiger partial charge in [-0.15, -0.1) is 0 Å². The highest BCUT2D eigenvalue weighted by Crippen LogP contribution is 2.04. The van der Waals surface area contributed by atoms with Gasteiger partial charge in [0.25, 0.3) is 0 Å². The van der Waals surface area contributed by atoms with Crippen molar-refractivity contribution in [1.82, 2.24) is 0 Å². The minimum absolute atomic E-state index is 0.245. The Labute approximate surface area is 147 Å². The average molecular weight is 334 g/mol. The summed E-state index contributed by atoms with van der Waals surface area (Å²) < 4.78 is 10.9. The van der Waals surface area contributed by atoms with Crippen molar-refractivity contribution < 1.29 is 19.4 Å². The van der Waals surface area contributed by atoms with Crippen LogP contribution in [-0.2, 0) is 9.31 Å². The predicted octanol–water partition coefficient (Wildman–Crippen LogP) is -0.0715. The number of nitrogens with zero attached hydrogens (tertiary/aromatic N) is 2. The molecule has 0 aliphatic carbocycles. The monoisotopic (exact) mass is 334 g/mol. The maximum atomic E-state index is 8.89. The highest BCUT2D eigenvalue weighted by Gasteiger charge is 2.26. The highest BCUT2D eigenvalue weighted by molar-refractivity contribution is 6.62. The summed E-state index contributed by atoms with van der Waals surface area (Å²) in [7, 11) is -1.93. The van der Waals surface area contributed by atoms with Crippen LogP contribution in [0.4, 0.5) is 0 Å². The van der Waals surface area contributed by atoms with E-state index in [9.17, 15) is 0 Å². The molecule has 2 aromatic carbocycles. The third kappa shape index (κ3) is 5.18. The number of hydrogen-bond donors (Lipinski definition) is 2. The van der Waals surface area contributed by atoms with E-state index in [1.165, 1.54) is 12.1 Å². The van der Waals surface area contributed by atoms with Crippen LogP contribution in [0.5, 0.6) is 0 Å². The Hall–Kier alpha value is -2.61. The van der Waals surface area contributed by atoms with E-state index in [1.54, 1.807) is 18.2 Å². The van der Waals surface area contributed by atoms with Gasteiger partial charge in [-0.1, -0.05) is 36.4 Å². The van der Waals surface area contributed by atoms with Gasteiger partial charge in [0.2, 0.25) is 0 Å². The average Bonchev–Trinajstić information content (AvgIpc) is 2.69. The second-order valence-electron chi connectivity index (χ2n) is 5.20.